The Bertz CT molecular complexity index is 575. The number of carbonyl (C=O) groups is 1. The summed E-state index contributed by atoms with van der Waals surface area (Å²) in [4.78, 5) is 11.7. The van der Waals surface area contributed by atoms with Crippen molar-refractivity contribution >= 4 is 27.2 Å². The van der Waals surface area contributed by atoms with Crippen LogP contribution in [0.5, 0.6) is 0 Å². The van der Waals surface area contributed by atoms with Gasteiger partial charge in [-0.05, 0) is 11.6 Å². The van der Waals surface area contributed by atoms with E-state index >= 15 is 0 Å². The van der Waals surface area contributed by atoms with E-state index in [-0.39, 0.29) is 5.02 Å². The molecule has 0 fully saturated rings. The molecule has 0 radical (unpaired) electrons. The Kier molecular flexibility index (Phi) is 4.27. The molecule has 0 aliphatic heterocycles. The van der Waals surface area contributed by atoms with Gasteiger partial charge in [0.05, 0.1) is 6.07 Å². The molecule has 17 heavy (non-hydrogen) atoms. The molecule has 0 spiro atoms. The highest BCUT2D eigenvalue weighted by atomic mass is 35.5. The molecule has 0 aliphatic carbocycles. The van der Waals surface area contributed by atoms with Crippen molar-refractivity contribution in [1.29, 1.82) is 5.26 Å². The topological polar surface area (TPSA) is 75.0 Å². The fourth-order valence-electron chi connectivity index (χ4n) is 1.37. The molecule has 0 amide bonds. The van der Waals surface area contributed by atoms with E-state index in [2.05, 4.69) is 0 Å². The van der Waals surface area contributed by atoms with Crippen molar-refractivity contribution in [2.24, 2.45) is 0 Å². The van der Waals surface area contributed by atoms with Crippen LogP contribution in [0.4, 0.5) is 0 Å². The average Bonchev–Trinajstić information content (AvgIpc) is 2.19. The molecule has 1 rings (SSSR count). The highest BCUT2D eigenvalue weighted by Crippen LogP contribution is 2.24. The lowest BCUT2D eigenvalue weighted by Gasteiger charge is -2.09. The zero-order chi connectivity index (χ0) is 13.1. The van der Waals surface area contributed by atoms with Crippen LogP contribution >= 0.6 is 11.6 Å². The van der Waals surface area contributed by atoms with E-state index in [0.29, 0.717) is 5.56 Å². The molecule has 0 N–H and O–H groups in total. The second kappa shape index (κ2) is 5.30. The van der Waals surface area contributed by atoms with Crippen molar-refractivity contribution in [1.82, 2.24) is 0 Å². The van der Waals surface area contributed by atoms with Crippen molar-refractivity contribution in [2.75, 3.05) is 12.0 Å². The fraction of sp³-hybridized carbons (Fsp3) is 0.273. The quantitative estimate of drug-likeness (QED) is 0.833. The highest BCUT2D eigenvalue weighted by molar-refractivity contribution is 7.91. The van der Waals surface area contributed by atoms with E-state index in [0.717, 1.165) is 6.26 Å². The fourth-order valence-corrected chi connectivity index (χ4v) is 2.29. The molecule has 0 aliphatic rings. The van der Waals surface area contributed by atoms with Crippen molar-refractivity contribution in [3.8, 4) is 6.07 Å². The first-order valence-corrected chi connectivity index (χ1v) is 7.13. The number of hydrogen-bond donors (Lipinski definition) is 0. The van der Waals surface area contributed by atoms with Crippen molar-refractivity contribution < 1.29 is 13.2 Å². The summed E-state index contributed by atoms with van der Waals surface area (Å²) in [5.74, 6) is -2.46. The largest absolute Gasteiger partial charge is 0.297 e. The maximum Gasteiger partial charge on any atom is 0.169 e. The number of Topliss-reactive ketones (excluding diaryl/α,β-unsaturated/α-hetero) is 1. The molecule has 1 aromatic rings. The van der Waals surface area contributed by atoms with E-state index in [1.54, 1.807) is 24.3 Å². The minimum Gasteiger partial charge on any atom is -0.297 e. The number of nitriles is 1. The zero-order valence-electron chi connectivity index (χ0n) is 9.05. The van der Waals surface area contributed by atoms with E-state index in [1.807, 2.05) is 0 Å². The number of halogens is 1. The van der Waals surface area contributed by atoms with Crippen LogP contribution in [0.15, 0.2) is 24.3 Å². The lowest BCUT2D eigenvalue weighted by Crippen LogP contribution is -2.21. The monoisotopic (exact) mass is 271 g/mol. The van der Waals surface area contributed by atoms with Gasteiger partial charge < -0.3 is 0 Å². The van der Waals surface area contributed by atoms with E-state index < -0.39 is 27.3 Å². The zero-order valence-corrected chi connectivity index (χ0v) is 10.6. The third kappa shape index (κ3) is 3.84. The first-order chi connectivity index (χ1) is 7.85. The van der Waals surface area contributed by atoms with Gasteiger partial charge in [-0.3, -0.25) is 4.79 Å². The summed E-state index contributed by atoms with van der Waals surface area (Å²) in [6, 6.07) is 8.18. The Balaban J connectivity index is 3.06. The van der Waals surface area contributed by atoms with E-state index in [1.165, 1.54) is 6.07 Å². The van der Waals surface area contributed by atoms with Crippen LogP contribution in [0.2, 0.25) is 5.02 Å². The van der Waals surface area contributed by atoms with Crippen molar-refractivity contribution in [2.45, 2.75) is 5.92 Å². The molecule has 1 unspecified atom stereocenters. The predicted octanol–water partition coefficient (Wildman–Crippen LogP) is 1.56. The lowest BCUT2D eigenvalue weighted by atomic mass is 9.97. The molecular weight excluding hydrogens is 262 g/mol. The second-order valence-corrected chi connectivity index (χ2v) is 6.17. The second-order valence-electron chi connectivity index (χ2n) is 3.62. The van der Waals surface area contributed by atoms with E-state index in [4.69, 9.17) is 16.9 Å². The van der Waals surface area contributed by atoms with Gasteiger partial charge in [-0.2, -0.15) is 5.26 Å². The van der Waals surface area contributed by atoms with Crippen LogP contribution in [-0.4, -0.2) is 26.2 Å². The first kappa shape index (κ1) is 13.7. The SMILES string of the molecule is CS(=O)(=O)CC(=O)C(C#N)c1ccccc1Cl. The number of ketones is 1. The Morgan fingerprint density at radius 3 is 2.53 bits per heavy atom. The van der Waals surface area contributed by atoms with Gasteiger partial charge in [-0.25, -0.2) is 8.42 Å². The van der Waals surface area contributed by atoms with Gasteiger partial charge in [0.25, 0.3) is 0 Å². The average molecular weight is 272 g/mol. The highest BCUT2D eigenvalue weighted by Gasteiger charge is 2.25. The van der Waals surface area contributed by atoms with Crippen molar-refractivity contribution in [3.05, 3.63) is 34.9 Å². The third-order valence-electron chi connectivity index (χ3n) is 2.07. The minimum atomic E-state index is -3.44. The standard InChI is InChI=1S/C11H10ClNO3S/c1-17(15,16)7-11(14)9(6-13)8-4-2-3-5-10(8)12/h2-5,9H,7H2,1H3. The maximum absolute atomic E-state index is 11.7. The molecular formula is C11H10ClNO3S. The molecule has 0 aromatic heterocycles. The minimum absolute atomic E-state index is 0.279. The van der Waals surface area contributed by atoms with Gasteiger partial charge in [-0.15, -0.1) is 0 Å². The summed E-state index contributed by atoms with van der Waals surface area (Å²) in [7, 11) is -3.44. The summed E-state index contributed by atoms with van der Waals surface area (Å²) in [6.07, 6.45) is 0.950. The summed E-state index contributed by atoms with van der Waals surface area (Å²) < 4.78 is 22.0. The summed E-state index contributed by atoms with van der Waals surface area (Å²) >= 11 is 5.86. The molecule has 1 atom stereocenters. The summed E-state index contributed by atoms with van der Waals surface area (Å²) in [5, 5.41) is 9.23. The summed E-state index contributed by atoms with van der Waals surface area (Å²) in [5.41, 5.74) is 0.338. The van der Waals surface area contributed by atoms with Gasteiger partial charge in [0, 0.05) is 11.3 Å². The van der Waals surface area contributed by atoms with Gasteiger partial charge in [0.15, 0.2) is 15.6 Å². The maximum atomic E-state index is 11.7. The van der Waals surface area contributed by atoms with Crippen LogP contribution in [-0.2, 0) is 14.6 Å². The van der Waals surface area contributed by atoms with Gasteiger partial charge in [0.2, 0.25) is 0 Å². The molecule has 0 bridgehead atoms. The first-order valence-electron chi connectivity index (χ1n) is 4.69. The number of nitrogens with zero attached hydrogens (tertiary/aromatic N) is 1. The summed E-state index contributed by atoms with van der Waals surface area (Å²) in [6.45, 7) is 0. The molecule has 0 saturated heterocycles. The number of hydrogen-bond acceptors (Lipinski definition) is 4. The van der Waals surface area contributed by atoms with Gasteiger partial charge in [-0.1, -0.05) is 29.8 Å². The Labute approximate surface area is 105 Å². The molecule has 4 nitrogen and oxygen atoms in total. The Morgan fingerprint density at radius 1 is 1.47 bits per heavy atom. The van der Waals surface area contributed by atoms with Crippen LogP contribution in [0.25, 0.3) is 0 Å². The van der Waals surface area contributed by atoms with Crippen LogP contribution in [0, 0.1) is 11.3 Å². The smallest absolute Gasteiger partial charge is 0.169 e. The van der Waals surface area contributed by atoms with Crippen LogP contribution in [0.3, 0.4) is 0 Å². The number of carbonyl (C=O) groups excluding carboxylic acids is 1. The number of sulfone groups is 1. The van der Waals surface area contributed by atoms with Gasteiger partial charge in [0.1, 0.15) is 11.7 Å². The number of benzene rings is 1. The predicted molar refractivity (Wildman–Crippen MR) is 64.5 cm³/mol. The number of rotatable bonds is 4. The van der Waals surface area contributed by atoms with Gasteiger partial charge >= 0.3 is 0 Å². The molecule has 1 aromatic carbocycles. The van der Waals surface area contributed by atoms with Crippen molar-refractivity contribution in [3.63, 3.8) is 0 Å². The molecule has 90 valence electrons. The molecule has 0 saturated carbocycles. The van der Waals surface area contributed by atoms with Crippen LogP contribution in [0.1, 0.15) is 11.5 Å². The molecule has 6 heteroatoms. The Hall–Kier alpha value is -1.38. The van der Waals surface area contributed by atoms with Crippen LogP contribution < -0.4 is 0 Å². The van der Waals surface area contributed by atoms with E-state index in [9.17, 15) is 13.2 Å². The third-order valence-corrected chi connectivity index (χ3v) is 3.22. The normalized spacial score (nSPS) is 12.8. The Morgan fingerprint density at radius 2 is 2.06 bits per heavy atom. The lowest BCUT2D eigenvalue weighted by molar-refractivity contribution is -0.116. The molecule has 0 heterocycles.